The molecule has 8 heteroatoms. The molecule has 0 saturated carbocycles. The number of hydrogen-bond acceptors (Lipinski definition) is 5. The first-order valence-corrected chi connectivity index (χ1v) is 5.47. The topological polar surface area (TPSA) is 105 Å². The van der Waals surface area contributed by atoms with Crippen LogP contribution in [0, 0.1) is 0 Å². The number of aromatic amines is 1. The summed E-state index contributed by atoms with van der Waals surface area (Å²) in [4.78, 5) is 24.4. The molecule has 1 aromatic heterocycles. The molecule has 17 heavy (non-hydrogen) atoms. The zero-order chi connectivity index (χ0) is 12.6. The fourth-order valence-electron chi connectivity index (χ4n) is 1.71. The quantitative estimate of drug-likeness (QED) is 0.557. The molecule has 94 valence electrons. The standard InChI is InChI=1S/C9H11ClN2O5/c10-3-4-6(14)7(15)8(17-4)12-2-1-5(13)11-9(12)16/h1-2,4,6-8,14-15H,3H2,(H,11,13,16)/t4-,6-,7-,8-/m1/s1. The number of ether oxygens (including phenoxy) is 1. The van der Waals surface area contributed by atoms with Gasteiger partial charge in [-0.05, 0) is 0 Å². The van der Waals surface area contributed by atoms with Crippen LogP contribution in [-0.2, 0) is 4.74 Å². The molecule has 0 bridgehead atoms. The van der Waals surface area contributed by atoms with Crippen molar-refractivity contribution >= 4 is 11.6 Å². The summed E-state index contributed by atoms with van der Waals surface area (Å²) >= 11 is 5.54. The van der Waals surface area contributed by atoms with Crippen LogP contribution in [0.4, 0.5) is 0 Å². The molecule has 4 atom stereocenters. The molecule has 0 spiro atoms. The number of aliphatic hydroxyl groups is 2. The predicted octanol–water partition coefficient (Wildman–Crippen LogP) is -1.61. The monoisotopic (exact) mass is 262 g/mol. The summed E-state index contributed by atoms with van der Waals surface area (Å²) in [6.45, 7) is 0. The molecule has 1 aliphatic heterocycles. The van der Waals surface area contributed by atoms with Crippen molar-refractivity contribution in [1.29, 1.82) is 0 Å². The lowest BCUT2D eigenvalue weighted by atomic mass is 10.1. The minimum atomic E-state index is -1.28. The van der Waals surface area contributed by atoms with Gasteiger partial charge >= 0.3 is 5.69 Å². The molecule has 1 aromatic rings. The molecule has 0 unspecified atom stereocenters. The van der Waals surface area contributed by atoms with Gasteiger partial charge in [-0.2, -0.15) is 0 Å². The fraction of sp³-hybridized carbons (Fsp3) is 0.556. The van der Waals surface area contributed by atoms with Crippen molar-refractivity contribution < 1.29 is 14.9 Å². The highest BCUT2D eigenvalue weighted by molar-refractivity contribution is 6.18. The van der Waals surface area contributed by atoms with Crippen LogP contribution in [0.25, 0.3) is 0 Å². The van der Waals surface area contributed by atoms with Gasteiger partial charge in [-0.15, -0.1) is 11.6 Å². The van der Waals surface area contributed by atoms with Crippen LogP contribution >= 0.6 is 11.6 Å². The average molecular weight is 263 g/mol. The Morgan fingerprint density at radius 3 is 2.65 bits per heavy atom. The van der Waals surface area contributed by atoms with Crippen LogP contribution < -0.4 is 11.2 Å². The van der Waals surface area contributed by atoms with Crippen LogP contribution in [-0.4, -0.2) is 44.0 Å². The average Bonchev–Trinajstić information content (AvgIpc) is 2.57. The maximum absolute atomic E-state index is 11.5. The van der Waals surface area contributed by atoms with Gasteiger partial charge in [0, 0.05) is 12.3 Å². The molecule has 0 aliphatic carbocycles. The van der Waals surface area contributed by atoms with Gasteiger partial charge in [0.05, 0.1) is 5.88 Å². The zero-order valence-electron chi connectivity index (χ0n) is 8.62. The smallest absolute Gasteiger partial charge is 0.330 e. The van der Waals surface area contributed by atoms with Crippen LogP contribution in [0.3, 0.4) is 0 Å². The minimum Gasteiger partial charge on any atom is -0.387 e. The van der Waals surface area contributed by atoms with Crippen LogP contribution in [0.5, 0.6) is 0 Å². The summed E-state index contributed by atoms with van der Waals surface area (Å²) in [6, 6.07) is 1.12. The van der Waals surface area contributed by atoms with Crippen molar-refractivity contribution in [3.8, 4) is 0 Å². The van der Waals surface area contributed by atoms with Crippen molar-refractivity contribution in [2.45, 2.75) is 24.5 Å². The van der Waals surface area contributed by atoms with E-state index in [2.05, 4.69) is 0 Å². The maximum Gasteiger partial charge on any atom is 0.330 e. The summed E-state index contributed by atoms with van der Waals surface area (Å²) in [6.07, 6.45) is -3.06. The van der Waals surface area contributed by atoms with Crippen molar-refractivity contribution in [3.63, 3.8) is 0 Å². The summed E-state index contributed by atoms with van der Waals surface area (Å²) in [5.74, 6) is -0.00711. The Morgan fingerprint density at radius 2 is 2.12 bits per heavy atom. The van der Waals surface area contributed by atoms with Crippen molar-refractivity contribution in [3.05, 3.63) is 33.1 Å². The van der Waals surface area contributed by atoms with Crippen molar-refractivity contribution in [2.24, 2.45) is 0 Å². The van der Waals surface area contributed by atoms with Crippen LogP contribution in [0.1, 0.15) is 6.23 Å². The van der Waals surface area contributed by atoms with E-state index in [9.17, 15) is 19.8 Å². The molecular formula is C9H11ClN2O5. The molecule has 2 rings (SSSR count). The highest BCUT2D eigenvalue weighted by Gasteiger charge is 2.43. The SMILES string of the molecule is O=c1ccn([C@@H]2O[C@H](CCl)[C@@H](O)[C@H]2O)c(=O)[nH]1. The Kier molecular flexibility index (Phi) is 3.34. The number of nitrogens with zero attached hydrogens (tertiary/aromatic N) is 1. The Bertz CT molecular complexity index is 513. The molecule has 0 amide bonds. The summed E-state index contributed by atoms with van der Waals surface area (Å²) < 4.78 is 6.25. The molecule has 0 radical (unpaired) electrons. The van der Waals surface area contributed by atoms with E-state index < -0.39 is 35.8 Å². The maximum atomic E-state index is 11.5. The van der Waals surface area contributed by atoms with Crippen molar-refractivity contribution in [2.75, 3.05) is 5.88 Å². The van der Waals surface area contributed by atoms with Gasteiger partial charge in [-0.3, -0.25) is 14.3 Å². The lowest BCUT2D eigenvalue weighted by Gasteiger charge is -2.16. The van der Waals surface area contributed by atoms with E-state index in [0.29, 0.717) is 0 Å². The lowest BCUT2D eigenvalue weighted by molar-refractivity contribution is -0.0343. The minimum absolute atomic E-state index is 0.00711. The molecule has 0 aromatic carbocycles. The Balaban J connectivity index is 2.35. The zero-order valence-corrected chi connectivity index (χ0v) is 9.37. The van der Waals surface area contributed by atoms with Crippen LogP contribution in [0.15, 0.2) is 21.9 Å². The highest BCUT2D eigenvalue weighted by Crippen LogP contribution is 2.28. The third kappa shape index (κ3) is 2.14. The van der Waals surface area contributed by atoms with E-state index in [1.165, 1.54) is 6.20 Å². The second kappa shape index (κ2) is 4.61. The van der Waals surface area contributed by atoms with E-state index in [4.69, 9.17) is 16.3 Å². The third-order valence-corrected chi connectivity index (χ3v) is 2.92. The number of aromatic nitrogens is 2. The Hall–Kier alpha value is -1.15. The number of rotatable bonds is 2. The lowest BCUT2D eigenvalue weighted by Crippen LogP contribution is -2.37. The summed E-state index contributed by atoms with van der Waals surface area (Å²) in [5.41, 5.74) is -1.27. The van der Waals surface area contributed by atoms with Gasteiger partial charge in [-0.25, -0.2) is 4.79 Å². The van der Waals surface area contributed by atoms with E-state index in [0.717, 1.165) is 10.6 Å². The van der Waals surface area contributed by atoms with Crippen LogP contribution in [0.2, 0.25) is 0 Å². The fourth-order valence-corrected chi connectivity index (χ4v) is 1.97. The van der Waals surface area contributed by atoms with E-state index >= 15 is 0 Å². The normalized spacial score (nSPS) is 32.9. The van der Waals surface area contributed by atoms with Crippen molar-refractivity contribution in [1.82, 2.24) is 9.55 Å². The van der Waals surface area contributed by atoms with Gasteiger partial charge in [0.15, 0.2) is 6.23 Å². The number of hydrogen-bond donors (Lipinski definition) is 3. The van der Waals surface area contributed by atoms with E-state index in [-0.39, 0.29) is 5.88 Å². The number of halogens is 1. The Morgan fingerprint density at radius 1 is 1.41 bits per heavy atom. The number of H-pyrrole nitrogens is 1. The first-order valence-electron chi connectivity index (χ1n) is 4.93. The van der Waals surface area contributed by atoms with E-state index in [1.54, 1.807) is 0 Å². The van der Waals surface area contributed by atoms with Gasteiger partial charge in [0.1, 0.15) is 18.3 Å². The second-order valence-corrected chi connectivity index (χ2v) is 4.03. The van der Waals surface area contributed by atoms with Gasteiger partial charge < -0.3 is 14.9 Å². The van der Waals surface area contributed by atoms with Gasteiger partial charge in [0.25, 0.3) is 5.56 Å². The largest absolute Gasteiger partial charge is 0.387 e. The van der Waals surface area contributed by atoms with E-state index in [1.807, 2.05) is 4.98 Å². The molecule has 1 saturated heterocycles. The number of aliphatic hydroxyl groups excluding tert-OH is 2. The first kappa shape index (κ1) is 12.3. The predicted molar refractivity (Wildman–Crippen MR) is 58.0 cm³/mol. The Labute approximate surface area is 100 Å². The van der Waals surface area contributed by atoms with Gasteiger partial charge in [-0.1, -0.05) is 0 Å². The number of nitrogens with one attached hydrogen (secondary N) is 1. The summed E-state index contributed by atoms with van der Waals surface area (Å²) in [5, 5.41) is 19.3. The summed E-state index contributed by atoms with van der Waals surface area (Å²) in [7, 11) is 0. The molecule has 1 aliphatic rings. The molecule has 3 N–H and O–H groups in total. The molecular weight excluding hydrogens is 252 g/mol. The second-order valence-electron chi connectivity index (χ2n) is 3.72. The highest BCUT2D eigenvalue weighted by atomic mass is 35.5. The third-order valence-electron chi connectivity index (χ3n) is 2.61. The molecule has 7 nitrogen and oxygen atoms in total. The van der Waals surface area contributed by atoms with Gasteiger partial charge in [0.2, 0.25) is 0 Å². The molecule has 1 fully saturated rings. The molecule has 2 heterocycles. The number of alkyl halides is 1. The first-order chi connectivity index (χ1) is 8.04.